The van der Waals surface area contributed by atoms with Gasteiger partial charge < -0.3 is 30.5 Å². The number of amides is 5. The van der Waals surface area contributed by atoms with Crippen molar-refractivity contribution in [1.29, 1.82) is 5.26 Å². The number of carbonyl (C=O) groups excluding carboxylic acids is 5. The number of aryl methyl sites for hydroxylation is 3. The van der Waals surface area contributed by atoms with E-state index in [4.69, 9.17) is 4.74 Å². The van der Waals surface area contributed by atoms with E-state index in [-0.39, 0.29) is 41.1 Å². The molecule has 1 unspecified atom stereocenters. The second-order valence-corrected chi connectivity index (χ2v) is 24.4. The van der Waals surface area contributed by atoms with Gasteiger partial charge in [0.15, 0.2) is 5.70 Å². The topological polar surface area (TPSA) is 254 Å². The molecule has 14 rings (SSSR count). The first-order chi connectivity index (χ1) is 44.0. The molecular formula is C70H70N15O6+. The molecule has 5 amide bonds. The van der Waals surface area contributed by atoms with Crippen LogP contribution in [0.2, 0.25) is 0 Å². The number of allylic oxidation sites excluding steroid dienone is 3. The van der Waals surface area contributed by atoms with E-state index in [0.717, 1.165) is 119 Å². The Hall–Kier alpha value is -10.8. The molecule has 4 aliphatic carbocycles. The van der Waals surface area contributed by atoms with Gasteiger partial charge in [-0.3, -0.25) is 33.9 Å². The zero-order chi connectivity index (χ0) is 63.5. The van der Waals surface area contributed by atoms with E-state index < -0.39 is 0 Å². The SMILES string of the molecule is CC(=O)N1CCC(OC2=CC(n3cc(-c4cc(C(=O)NC5CC5)ccc4C)cn3)=C=[N+]=C2)C1.Cc1ccc(C(=O)NC2CC2)cc1-c1cnn(-c2cncc(C(=O)N(C)C)c2)c1.Cc1ccc(C(=O)NC2CC2)cc1-c1cnn(-c2cncc(C3(C#N)CC3)c2)c1. The van der Waals surface area contributed by atoms with Gasteiger partial charge in [-0.1, -0.05) is 18.2 Å². The third kappa shape index (κ3) is 14.4. The van der Waals surface area contributed by atoms with Crippen LogP contribution in [0.1, 0.15) is 128 Å². The van der Waals surface area contributed by atoms with Crippen LogP contribution in [0.4, 0.5) is 0 Å². The van der Waals surface area contributed by atoms with Gasteiger partial charge in [-0.05, 0) is 164 Å². The van der Waals surface area contributed by atoms with Crippen LogP contribution in [0.25, 0.3) is 50.5 Å². The molecule has 1 saturated heterocycles. The van der Waals surface area contributed by atoms with Crippen molar-refractivity contribution in [3.63, 3.8) is 0 Å². The number of rotatable bonds is 16. The highest BCUT2D eigenvalue weighted by atomic mass is 16.5. The van der Waals surface area contributed by atoms with Crippen molar-refractivity contribution in [2.24, 2.45) is 0 Å². The van der Waals surface area contributed by atoms with Gasteiger partial charge in [0, 0.05) is 123 Å². The van der Waals surface area contributed by atoms with Gasteiger partial charge in [-0.15, -0.1) is 0 Å². The lowest BCUT2D eigenvalue weighted by Gasteiger charge is -2.14. The van der Waals surface area contributed by atoms with E-state index in [1.807, 2.05) is 106 Å². The zero-order valence-corrected chi connectivity index (χ0v) is 51.7. The molecule has 3 aromatic carbocycles. The standard InChI is InChI=1S/C25H25N5O3.C23H21N5O.C22H23N5O2/c1-16-3-4-18(25(32)28-20-5-6-20)9-24(16)19-11-27-30(14-19)21-10-23(13-26-12-21)33-22-7-8-29(15-22)17(2)31;1-15-2-3-16(22(29)27-19-4-5-19)8-21(15)17-10-26-28(13-17)20-9-18(11-25-12-20)23(14-24)6-7-23;1-14-4-5-15(21(28)25-18-6-7-18)9-20(14)17-11-24-27(13-17)19-8-16(10-23-12-19)22(29)26(2)3/h3-4,9-11,13-14,20,22H,5-8,15H2,1-2H3;2-3,8-13,19H,4-7H2,1H3,(H,27,29);4-5,8-13,18H,6-7H2,1-3H3,(H,25,28)/p+1. The van der Waals surface area contributed by atoms with Crippen molar-refractivity contribution in [1.82, 2.24) is 69.7 Å². The third-order valence-electron chi connectivity index (χ3n) is 16.9. The fraction of sp³-hybridized carbons (Fsp3) is 0.314. The van der Waals surface area contributed by atoms with Gasteiger partial charge in [0.2, 0.25) is 11.7 Å². The lowest BCUT2D eigenvalue weighted by molar-refractivity contribution is -0.128. The van der Waals surface area contributed by atoms with E-state index in [0.29, 0.717) is 70.6 Å². The first-order valence-electron chi connectivity index (χ1n) is 30.7. The second kappa shape index (κ2) is 25.7. The average molecular weight is 1220 g/mol. The summed E-state index contributed by atoms with van der Waals surface area (Å²) < 4.78 is 15.4. The third-order valence-corrected chi connectivity index (χ3v) is 16.9. The summed E-state index contributed by atoms with van der Waals surface area (Å²) in [7, 11) is 3.41. The van der Waals surface area contributed by atoms with Crippen LogP contribution in [0.5, 0.6) is 0 Å². The van der Waals surface area contributed by atoms with Crippen LogP contribution in [0.15, 0.2) is 141 Å². The lowest BCUT2D eigenvalue weighted by atomic mass is 9.99. The van der Waals surface area contributed by atoms with Gasteiger partial charge in [0.25, 0.3) is 23.6 Å². The normalized spacial score (nSPS) is 16.6. The van der Waals surface area contributed by atoms with E-state index in [9.17, 15) is 29.2 Å². The van der Waals surface area contributed by atoms with Crippen LogP contribution < -0.4 is 20.6 Å². The number of ether oxygens (including phenoxy) is 1. The number of pyridine rings is 2. The monoisotopic (exact) mass is 1220 g/mol. The smallest absolute Gasteiger partial charge is 0.347 e. The molecule has 91 heavy (non-hydrogen) atoms. The number of nitrogens with zero attached hydrogens (tertiary/aromatic N) is 12. The molecule has 0 spiro atoms. The van der Waals surface area contributed by atoms with Gasteiger partial charge in [0.1, 0.15) is 6.10 Å². The zero-order valence-electron chi connectivity index (χ0n) is 51.7. The molecule has 21 heteroatoms. The number of aromatic nitrogens is 8. The second-order valence-electron chi connectivity index (χ2n) is 24.4. The quantitative estimate of drug-likeness (QED) is 0.0771. The molecule has 4 saturated carbocycles. The van der Waals surface area contributed by atoms with Crippen molar-refractivity contribution in [3.8, 4) is 50.8 Å². The summed E-state index contributed by atoms with van der Waals surface area (Å²) in [6, 6.07) is 24.3. The number of benzene rings is 3. The minimum Gasteiger partial charge on any atom is -0.481 e. The largest absolute Gasteiger partial charge is 0.481 e. The van der Waals surface area contributed by atoms with Crippen molar-refractivity contribution in [3.05, 3.63) is 185 Å². The van der Waals surface area contributed by atoms with Gasteiger partial charge >= 0.3 is 12.1 Å². The Labute approximate surface area is 526 Å². The first-order valence-corrected chi connectivity index (χ1v) is 30.7. The molecule has 460 valence electrons. The molecule has 0 radical (unpaired) electrons. The summed E-state index contributed by atoms with van der Waals surface area (Å²) in [5, 5.41) is 32.0. The molecule has 2 aliphatic heterocycles. The van der Waals surface area contributed by atoms with E-state index in [1.165, 1.54) is 4.90 Å². The summed E-state index contributed by atoms with van der Waals surface area (Å²) in [4.78, 5) is 72.8. The van der Waals surface area contributed by atoms with Crippen LogP contribution in [0, 0.1) is 32.1 Å². The Morgan fingerprint density at radius 3 is 1.54 bits per heavy atom. The number of carbonyl (C=O) groups is 5. The highest BCUT2D eigenvalue weighted by Gasteiger charge is 2.45. The molecule has 3 N–H and O–H groups in total. The molecule has 8 aromatic rings. The number of likely N-dealkylation sites (tertiary alicyclic amines) is 1. The lowest BCUT2D eigenvalue weighted by Crippen LogP contribution is -2.27. The van der Waals surface area contributed by atoms with Crippen molar-refractivity contribution >= 4 is 47.3 Å². The summed E-state index contributed by atoms with van der Waals surface area (Å²) >= 11 is 0. The van der Waals surface area contributed by atoms with Crippen molar-refractivity contribution < 1.29 is 28.7 Å². The van der Waals surface area contributed by atoms with Gasteiger partial charge in [-0.2, -0.15) is 20.6 Å². The van der Waals surface area contributed by atoms with E-state index in [1.54, 1.807) is 95.6 Å². The number of nitriles is 1. The van der Waals surface area contributed by atoms with Crippen LogP contribution in [-0.2, 0) is 14.9 Å². The van der Waals surface area contributed by atoms with Crippen molar-refractivity contribution in [2.75, 3.05) is 27.2 Å². The maximum Gasteiger partial charge on any atom is 0.347 e. The maximum atomic E-state index is 12.5. The highest BCUT2D eigenvalue weighted by Crippen LogP contribution is 2.47. The summed E-state index contributed by atoms with van der Waals surface area (Å²) in [5.74, 6) is 3.42. The average Bonchev–Trinajstić information content (AvgIpc) is 1.75. The first kappa shape index (κ1) is 60.5. The molecule has 5 aromatic heterocycles. The fourth-order valence-electron chi connectivity index (χ4n) is 10.7. The number of hydrogen-bond acceptors (Lipinski definition) is 12. The minimum atomic E-state index is -0.376. The Kier molecular flexibility index (Phi) is 17.1. The highest BCUT2D eigenvalue weighted by molar-refractivity contribution is 5.99. The number of nitrogens with one attached hydrogen (secondary N) is 3. The Bertz CT molecular complexity index is 4360. The molecule has 7 heterocycles. The number of hydrogen-bond donors (Lipinski definition) is 3. The van der Waals surface area contributed by atoms with Gasteiger partial charge in [-0.25, -0.2) is 14.0 Å². The molecular weight excluding hydrogens is 1150 g/mol. The Morgan fingerprint density at radius 2 is 1.09 bits per heavy atom. The summed E-state index contributed by atoms with van der Waals surface area (Å²) in [6.45, 7) is 8.92. The Morgan fingerprint density at radius 1 is 0.615 bits per heavy atom. The van der Waals surface area contributed by atoms with E-state index in [2.05, 4.69) is 57.8 Å². The van der Waals surface area contributed by atoms with Crippen LogP contribution in [0.3, 0.4) is 0 Å². The summed E-state index contributed by atoms with van der Waals surface area (Å²) in [5.41, 5.74) is 14.1. The van der Waals surface area contributed by atoms with Crippen LogP contribution in [-0.4, -0.2) is 142 Å². The van der Waals surface area contributed by atoms with Gasteiger partial charge in [0.05, 0.1) is 66.0 Å². The molecule has 0 bridgehead atoms. The predicted molar refractivity (Wildman–Crippen MR) is 344 cm³/mol. The summed E-state index contributed by atoms with van der Waals surface area (Å²) in [6.07, 6.45) is 30.1. The fourth-order valence-corrected chi connectivity index (χ4v) is 10.7. The Balaban J connectivity index is 0.000000132. The van der Waals surface area contributed by atoms with Crippen LogP contribution >= 0.6 is 0 Å². The van der Waals surface area contributed by atoms with E-state index >= 15 is 0 Å². The molecule has 6 aliphatic rings. The maximum absolute atomic E-state index is 12.5. The molecule has 5 fully saturated rings. The molecule has 1 atom stereocenters. The van der Waals surface area contributed by atoms with Crippen molar-refractivity contribution in [2.45, 2.75) is 115 Å². The minimum absolute atomic E-state index is 0.0238. The molecule has 21 nitrogen and oxygen atoms in total. The predicted octanol–water partition coefficient (Wildman–Crippen LogP) is 8.46.